The second kappa shape index (κ2) is 13.1. The monoisotopic (exact) mass is 545 g/mol. The van der Waals surface area contributed by atoms with Crippen LogP contribution in [0.2, 0.25) is 0 Å². The summed E-state index contributed by atoms with van der Waals surface area (Å²) in [5, 5.41) is 15.6. The molecule has 0 aliphatic carbocycles. The van der Waals surface area contributed by atoms with Crippen molar-refractivity contribution >= 4 is 29.2 Å². The van der Waals surface area contributed by atoms with Crippen molar-refractivity contribution in [1.29, 1.82) is 0 Å². The first-order valence-electron chi connectivity index (χ1n) is 13.2. The number of benzene rings is 2. The van der Waals surface area contributed by atoms with Gasteiger partial charge in [0.1, 0.15) is 11.9 Å². The van der Waals surface area contributed by atoms with Gasteiger partial charge in [-0.1, -0.05) is 25.1 Å². The lowest BCUT2D eigenvalue weighted by Gasteiger charge is -2.34. The third-order valence-electron chi connectivity index (χ3n) is 6.94. The fourth-order valence-corrected chi connectivity index (χ4v) is 4.52. The maximum atomic E-state index is 13.4. The minimum atomic E-state index is -0.457. The Labute approximate surface area is 234 Å². The zero-order chi connectivity index (χ0) is 28.6. The van der Waals surface area contributed by atoms with Gasteiger partial charge >= 0.3 is 6.03 Å². The molecule has 0 saturated heterocycles. The number of aromatic nitrogens is 1. The Bertz CT molecular complexity index is 1320. The number of urea groups is 1. The second-order valence-electron chi connectivity index (χ2n) is 10.1. The summed E-state index contributed by atoms with van der Waals surface area (Å²) in [5.41, 5.74) is 2.26. The maximum absolute atomic E-state index is 13.4. The van der Waals surface area contributed by atoms with Crippen LogP contribution in [0.4, 0.5) is 16.2 Å². The molecule has 1 aliphatic heterocycles. The van der Waals surface area contributed by atoms with Gasteiger partial charge in [-0.15, -0.1) is 0 Å². The van der Waals surface area contributed by atoms with Gasteiger partial charge in [0.25, 0.3) is 5.91 Å². The lowest BCUT2D eigenvalue weighted by atomic mass is 10.0. The number of hydrogen-bond acceptors (Lipinski definition) is 6. The van der Waals surface area contributed by atoms with Gasteiger partial charge in [-0.3, -0.25) is 14.6 Å². The first-order chi connectivity index (χ1) is 19.2. The molecule has 1 aromatic heterocycles. The first-order valence-corrected chi connectivity index (χ1v) is 13.2. The van der Waals surface area contributed by atoms with Gasteiger partial charge < -0.3 is 30.3 Å². The predicted octanol–water partition coefficient (Wildman–Crippen LogP) is 3.65. The van der Waals surface area contributed by atoms with E-state index in [-0.39, 0.29) is 43.3 Å². The van der Waals surface area contributed by atoms with Crippen LogP contribution in [0.3, 0.4) is 0 Å². The maximum Gasteiger partial charge on any atom is 0.321 e. The van der Waals surface area contributed by atoms with Crippen molar-refractivity contribution in [3.63, 3.8) is 0 Å². The average molecular weight is 546 g/mol. The summed E-state index contributed by atoms with van der Waals surface area (Å²) in [4.78, 5) is 46.2. The number of carbonyl (C=O) groups is 3. The smallest absolute Gasteiger partial charge is 0.321 e. The zero-order valence-corrected chi connectivity index (χ0v) is 22.9. The number of aliphatic hydroxyl groups is 1. The van der Waals surface area contributed by atoms with Gasteiger partial charge in [-0.25, -0.2) is 4.79 Å². The SMILES string of the molecule is C[C@@H]1CN([C@H](C)CO)C(=O)Cc2cc(NC(=O)c3ccncc3)ccc2O[C@@H]1CN(C)C(=O)Nc1ccccc1. The van der Waals surface area contributed by atoms with Crippen molar-refractivity contribution in [3.05, 3.63) is 84.2 Å². The van der Waals surface area contributed by atoms with Crippen LogP contribution in [0, 0.1) is 5.92 Å². The van der Waals surface area contributed by atoms with Crippen molar-refractivity contribution in [3.8, 4) is 5.75 Å². The molecule has 10 nitrogen and oxygen atoms in total. The normalized spacial score (nSPS) is 17.8. The number of rotatable bonds is 7. The number of hydrogen-bond donors (Lipinski definition) is 3. The van der Waals surface area contributed by atoms with Crippen LogP contribution in [0.15, 0.2) is 73.1 Å². The number of amides is 4. The van der Waals surface area contributed by atoms with Crippen molar-refractivity contribution in [1.82, 2.24) is 14.8 Å². The number of aliphatic hydroxyl groups excluding tert-OH is 1. The molecule has 3 atom stereocenters. The Hall–Kier alpha value is -4.44. The van der Waals surface area contributed by atoms with E-state index in [4.69, 9.17) is 4.74 Å². The van der Waals surface area contributed by atoms with Crippen LogP contribution in [-0.2, 0) is 11.2 Å². The number of likely N-dealkylation sites (N-methyl/N-ethyl adjacent to an activating group) is 1. The summed E-state index contributed by atoms with van der Waals surface area (Å²) in [6.07, 6.45) is 2.66. The average Bonchev–Trinajstić information content (AvgIpc) is 3.01. The minimum absolute atomic E-state index is 0.0302. The van der Waals surface area contributed by atoms with Crippen LogP contribution in [-0.4, -0.2) is 76.6 Å². The molecule has 4 amide bonds. The number of nitrogens with one attached hydrogen (secondary N) is 2. The molecule has 10 heteroatoms. The number of pyridine rings is 1. The first kappa shape index (κ1) is 28.6. The molecule has 0 unspecified atom stereocenters. The number of ether oxygens (including phenoxy) is 1. The molecule has 4 rings (SSSR count). The van der Waals surface area contributed by atoms with E-state index < -0.39 is 12.1 Å². The number of nitrogens with zero attached hydrogens (tertiary/aromatic N) is 3. The Morgan fingerprint density at radius 3 is 2.52 bits per heavy atom. The molecule has 3 aromatic rings. The van der Waals surface area contributed by atoms with Gasteiger partial charge in [0, 0.05) is 54.4 Å². The van der Waals surface area contributed by atoms with Gasteiger partial charge in [0.15, 0.2) is 0 Å². The Kier molecular flexibility index (Phi) is 9.34. The van der Waals surface area contributed by atoms with E-state index in [1.54, 1.807) is 66.5 Å². The van der Waals surface area contributed by atoms with E-state index in [0.29, 0.717) is 34.8 Å². The topological polar surface area (TPSA) is 124 Å². The molecule has 2 heterocycles. The van der Waals surface area contributed by atoms with Gasteiger partial charge in [-0.2, -0.15) is 0 Å². The fraction of sp³-hybridized carbons (Fsp3) is 0.333. The molecule has 3 N–H and O–H groups in total. The highest BCUT2D eigenvalue weighted by Crippen LogP contribution is 2.29. The standard InChI is InChI=1S/C30H35N5O5/c1-20-17-35(21(2)19-36)28(37)16-23-15-25(32-29(38)22-11-13-31-14-12-22)9-10-26(23)40-27(20)18-34(3)30(39)33-24-7-5-4-6-8-24/h4-15,20-21,27,36H,16-19H2,1-3H3,(H,32,38)(H,33,39)/t20-,21-,27-/m1/s1. The van der Waals surface area contributed by atoms with Crippen molar-refractivity contribution < 1.29 is 24.2 Å². The van der Waals surface area contributed by atoms with Crippen LogP contribution in [0.1, 0.15) is 29.8 Å². The van der Waals surface area contributed by atoms with E-state index in [2.05, 4.69) is 15.6 Å². The van der Waals surface area contributed by atoms with E-state index in [9.17, 15) is 19.5 Å². The quantitative estimate of drug-likeness (QED) is 0.416. The third kappa shape index (κ3) is 7.15. The zero-order valence-electron chi connectivity index (χ0n) is 22.9. The van der Waals surface area contributed by atoms with Crippen molar-refractivity contribution in [2.24, 2.45) is 5.92 Å². The Morgan fingerprint density at radius 2 is 1.82 bits per heavy atom. The fourth-order valence-electron chi connectivity index (χ4n) is 4.52. The highest BCUT2D eigenvalue weighted by molar-refractivity contribution is 6.04. The summed E-state index contributed by atoms with van der Waals surface area (Å²) in [6.45, 7) is 4.18. The van der Waals surface area contributed by atoms with Crippen LogP contribution in [0.5, 0.6) is 5.75 Å². The lowest BCUT2D eigenvalue weighted by Crippen LogP contribution is -2.48. The summed E-state index contributed by atoms with van der Waals surface area (Å²) in [6, 6.07) is 16.9. The molecule has 0 spiro atoms. The van der Waals surface area contributed by atoms with Crippen LogP contribution < -0.4 is 15.4 Å². The van der Waals surface area contributed by atoms with Crippen LogP contribution >= 0.6 is 0 Å². The molecule has 0 fully saturated rings. The minimum Gasteiger partial charge on any atom is -0.488 e. The van der Waals surface area contributed by atoms with Crippen molar-refractivity contribution in [2.75, 3.05) is 37.4 Å². The third-order valence-corrected chi connectivity index (χ3v) is 6.94. The number of carbonyl (C=O) groups excluding carboxylic acids is 3. The lowest BCUT2D eigenvalue weighted by molar-refractivity contribution is -0.134. The Balaban J connectivity index is 1.59. The highest BCUT2D eigenvalue weighted by atomic mass is 16.5. The van der Waals surface area contributed by atoms with Crippen LogP contribution in [0.25, 0.3) is 0 Å². The second-order valence-corrected chi connectivity index (χ2v) is 10.1. The summed E-state index contributed by atoms with van der Waals surface area (Å²) in [7, 11) is 1.69. The molecule has 1 aliphatic rings. The molecule has 0 bridgehead atoms. The summed E-state index contributed by atoms with van der Waals surface area (Å²) in [5.74, 6) is -0.123. The van der Waals surface area contributed by atoms with Gasteiger partial charge in [0.2, 0.25) is 5.91 Å². The predicted molar refractivity (Wildman–Crippen MR) is 152 cm³/mol. The molecule has 210 valence electrons. The van der Waals surface area contributed by atoms with E-state index in [1.165, 1.54) is 0 Å². The summed E-state index contributed by atoms with van der Waals surface area (Å²) >= 11 is 0. The number of anilines is 2. The van der Waals surface area contributed by atoms with E-state index in [0.717, 1.165) is 0 Å². The largest absolute Gasteiger partial charge is 0.488 e. The summed E-state index contributed by atoms with van der Waals surface area (Å²) < 4.78 is 6.47. The number of fused-ring (bicyclic) bond motifs is 1. The van der Waals surface area contributed by atoms with E-state index >= 15 is 0 Å². The van der Waals surface area contributed by atoms with E-state index in [1.807, 2.05) is 37.3 Å². The number of para-hydroxylation sites is 1. The van der Waals surface area contributed by atoms with Gasteiger partial charge in [0.05, 0.1) is 25.6 Å². The molecule has 2 aromatic carbocycles. The Morgan fingerprint density at radius 1 is 1.10 bits per heavy atom. The molecule has 0 saturated carbocycles. The van der Waals surface area contributed by atoms with Gasteiger partial charge in [-0.05, 0) is 49.4 Å². The molecular weight excluding hydrogens is 510 g/mol. The molecule has 0 radical (unpaired) electrons. The molecule has 40 heavy (non-hydrogen) atoms. The highest BCUT2D eigenvalue weighted by Gasteiger charge is 2.32. The van der Waals surface area contributed by atoms with Crippen molar-refractivity contribution in [2.45, 2.75) is 32.4 Å². The molecular formula is C30H35N5O5.